The van der Waals surface area contributed by atoms with Gasteiger partial charge in [0, 0.05) is 18.5 Å². The first-order chi connectivity index (χ1) is 11.2. The third-order valence-electron chi connectivity index (χ3n) is 3.41. The van der Waals surface area contributed by atoms with E-state index in [0.29, 0.717) is 0 Å². The topological polar surface area (TPSA) is 24.7 Å². The van der Waals surface area contributed by atoms with Crippen LogP contribution in [0.25, 0.3) is 0 Å². The third-order valence-corrected chi connectivity index (χ3v) is 3.41. The van der Waals surface area contributed by atoms with Gasteiger partial charge in [0.25, 0.3) is 0 Å². The van der Waals surface area contributed by atoms with Crippen molar-refractivity contribution in [3.8, 4) is 0 Å². The number of hydrogen-bond donors (Lipinski definition) is 0. The molecule has 0 amide bonds. The van der Waals surface area contributed by atoms with Crippen molar-refractivity contribution < 1.29 is 0 Å². The van der Waals surface area contributed by atoms with Gasteiger partial charge < -0.3 is 0 Å². The summed E-state index contributed by atoms with van der Waals surface area (Å²) >= 11 is 0. The average Bonchev–Trinajstić information content (AvgIpc) is 2.63. The molecule has 23 heavy (non-hydrogen) atoms. The van der Waals surface area contributed by atoms with Crippen LogP contribution < -0.4 is 0 Å². The summed E-state index contributed by atoms with van der Waals surface area (Å²) < 4.78 is 0. The fraction of sp³-hybridized carbons (Fsp3) is 0.333. The molecule has 0 heterocycles. The van der Waals surface area contributed by atoms with Crippen molar-refractivity contribution in [2.24, 2.45) is 9.98 Å². The lowest BCUT2D eigenvalue weighted by atomic mass is 10.0. The van der Waals surface area contributed by atoms with Crippen LogP contribution in [0.1, 0.15) is 46.1 Å². The molecule has 0 N–H and O–H groups in total. The summed E-state index contributed by atoms with van der Waals surface area (Å²) in [6, 6.07) is 10.2. The maximum atomic E-state index is 4.68. The lowest BCUT2D eigenvalue weighted by Gasteiger charge is -2.07. The first-order valence-corrected chi connectivity index (χ1v) is 8.33. The molecule has 0 fully saturated rings. The maximum absolute atomic E-state index is 4.68. The summed E-state index contributed by atoms with van der Waals surface area (Å²) in [5, 5.41) is 0. The normalized spacial score (nSPS) is 15.7. The van der Waals surface area contributed by atoms with Gasteiger partial charge in [-0.2, -0.15) is 0 Å². The maximum Gasteiger partial charge on any atom is 0.0657 e. The molecular weight excluding hydrogens is 280 g/mol. The SMILES string of the molecule is CC.CN=C(/C=C(/C)N=C(C)c1ccccc1)C1=CCCC=C1. The van der Waals surface area contributed by atoms with Crippen LogP contribution in [0.3, 0.4) is 0 Å². The van der Waals surface area contributed by atoms with E-state index in [1.165, 1.54) is 5.57 Å². The zero-order valence-corrected chi connectivity index (χ0v) is 15.0. The summed E-state index contributed by atoms with van der Waals surface area (Å²) in [5.74, 6) is 0. The van der Waals surface area contributed by atoms with Crippen LogP contribution >= 0.6 is 0 Å². The monoisotopic (exact) mass is 308 g/mol. The van der Waals surface area contributed by atoms with E-state index in [2.05, 4.69) is 40.3 Å². The smallest absolute Gasteiger partial charge is 0.0657 e. The van der Waals surface area contributed by atoms with Gasteiger partial charge >= 0.3 is 0 Å². The highest BCUT2D eigenvalue weighted by molar-refractivity contribution is 6.11. The second-order valence-electron chi connectivity index (χ2n) is 5.10. The molecule has 0 bridgehead atoms. The molecule has 0 saturated heterocycles. The van der Waals surface area contributed by atoms with Crippen molar-refractivity contribution in [1.29, 1.82) is 0 Å². The fourth-order valence-corrected chi connectivity index (χ4v) is 2.32. The van der Waals surface area contributed by atoms with Crippen LogP contribution in [-0.4, -0.2) is 18.5 Å². The molecule has 0 saturated carbocycles. The Morgan fingerprint density at radius 2 is 1.74 bits per heavy atom. The second kappa shape index (κ2) is 10.5. The summed E-state index contributed by atoms with van der Waals surface area (Å²) in [4.78, 5) is 9.06. The minimum absolute atomic E-state index is 0.969. The molecule has 2 nitrogen and oxygen atoms in total. The van der Waals surface area contributed by atoms with Gasteiger partial charge in [-0.15, -0.1) is 0 Å². The Balaban J connectivity index is 0.00000127. The highest BCUT2D eigenvalue weighted by Gasteiger charge is 2.04. The van der Waals surface area contributed by atoms with E-state index in [1.54, 1.807) is 0 Å². The number of aliphatic imine (C=N–C) groups is 2. The van der Waals surface area contributed by atoms with Crippen molar-refractivity contribution in [1.82, 2.24) is 0 Å². The molecule has 1 aromatic carbocycles. The molecule has 0 spiro atoms. The Hall–Kier alpha value is -2.22. The molecular formula is C21H28N2. The molecule has 1 aliphatic carbocycles. The van der Waals surface area contributed by atoms with Crippen molar-refractivity contribution in [3.05, 3.63) is 71.5 Å². The molecule has 0 atom stereocenters. The molecule has 1 aromatic rings. The van der Waals surface area contributed by atoms with E-state index >= 15 is 0 Å². The van der Waals surface area contributed by atoms with Crippen LogP contribution in [0.5, 0.6) is 0 Å². The standard InChI is InChI=1S/C19H22N2.C2H6/c1-15(21-16(2)17-10-6-4-7-11-17)14-19(20-3)18-12-8-5-9-13-18;1-2/h4,6-8,10-14H,5,9H2,1-3H3;1-2H3/b15-14-,20-19?,21-16?;. The Bertz CT molecular complexity index is 629. The fourth-order valence-electron chi connectivity index (χ4n) is 2.32. The van der Waals surface area contributed by atoms with Gasteiger partial charge in [-0.05, 0) is 43.9 Å². The van der Waals surface area contributed by atoms with Gasteiger partial charge in [-0.1, -0.05) is 62.4 Å². The molecule has 2 rings (SSSR count). The lowest BCUT2D eigenvalue weighted by molar-refractivity contribution is 1.03. The highest BCUT2D eigenvalue weighted by atomic mass is 14.8. The van der Waals surface area contributed by atoms with Crippen LogP contribution in [0.15, 0.2) is 75.9 Å². The third kappa shape index (κ3) is 6.19. The van der Waals surface area contributed by atoms with E-state index < -0.39 is 0 Å². The van der Waals surface area contributed by atoms with Gasteiger partial charge in [-0.25, -0.2) is 0 Å². The van der Waals surface area contributed by atoms with Crippen molar-refractivity contribution >= 4 is 11.4 Å². The molecule has 0 aromatic heterocycles. The first-order valence-electron chi connectivity index (χ1n) is 8.33. The lowest BCUT2D eigenvalue weighted by Crippen LogP contribution is -2.01. The van der Waals surface area contributed by atoms with E-state index in [9.17, 15) is 0 Å². The summed E-state index contributed by atoms with van der Waals surface area (Å²) in [6.45, 7) is 8.06. The summed E-state index contributed by atoms with van der Waals surface area (Å²) in [7, 11) is 1.83. The number of hydrogen-bond acceptors (Lipinski definition) is 2. The predicted octanol–water partition coefficient (Wildman–Crippen LogP) is 5.77. The molecule has 0 aliphatic heterocycles. The zero-order valence-electron chi connectivity index (χ0n) is 15.0. The van der Waals surface area contributed by atoms with Gasteiger partial charge in [-0.3, -0.25) is 9.98 Å². The van der Waals surface area contributed by atoms with E-state index in [-0.39, 0.29) is 0 Å². The average molecular weight is 308 g/mol. The van der Waals surface area contributed by atoms with Crippen LogP contribution in [0, 0.1) is 0 Å². The largest absolute Gasteiger partial charge is 0.288 e. The van der Waals surface area contributed by atoms with E-state index in [4.69, 9.17) is 0 Å². The highest BCUT2D eigenvalue weighted by Crippen LogP contribution is 2.14. The number of allylic oxidation sites excluding steroid dienone is 6. The Labute approximate surface area is 141 Å². The number of benzene rings is 1. The second-order valence-corrected chi connectivity index (χ2v) is 5.10. The van der Waals surface area contributed by atoms with Crippen LogP contribution in [-0.2, 0) is 0 Å². The first kappa shape index (κ1) is 18.8. The van der Waals surface area contributed by atoms with Crippen molar-refractivity contribution in [2.75, 3.05) is 7.05 Å². The van der Waals surface area contributed by atoms with E-state index in [1.807, 2.05) is 59.0 Å². The minimum Gasteiger partial charge on any atom is -0.288 e. The Morgan fingerprint density at radius 3 is 2.30 bits per heavy atom. The van der Waals surface area contributed by atoms with Gasteiger partial charge in [0.1, 0.15) is 0 Å². The molecule has 1 aliphatic rings. The van der Waals surface area contributed by atoms with Crippen molar-refractivity contribution in [3.63, 3.8) is 0 Å². The predicted molar refractivity (Wildman–Crippen MR) is 104 cm³/mol. The minimum atomic E-state index is 0.969. The quantitative estimate of drug-likeness (QED) is 0.631. The van der Waals surface area contributed by atoms with E-state index in [0.717, 1.165) is 35.5 Å². The molecule has 122 valence electrons. The van der Waals surface area contributed by atoms with Crippen LogP contribution in [0.2, 0.25) is 0 Å². The Morgan fingerprint density at radius 1 is 1.04 bits per heavy atom. The summed E-state index contributed by atoms with van der Waals surface area (Å²) in [5.41, 5.74) is 5.32. The van der Waals surface area contributed by atoms with Crippen molar-refractivity contribution in [2.45, 2.75) is 40.5 Å². The van der Waals surface area contributed by atoms with Gasteiger partial charge in [0.2, 0.25) is 0 Å². The molecule has 2 heteroatoms. The van der Waals surface area contributed by atoms with Gasteiger partial charge in [0.05, 0.1) is 5.71 Å². The zero-order chi connectivity index (χ0) is 17.1. The number of rotatable bonds is 4. The summed E-state index contributed by atoms with van der Waals surface area (Å²) in [6.07, 6.45) is 10.8. The van der Waals surface area contributed by atoms with Crippen LogP contribution in [0.4, 0.5) is 0 Å². The van der Waals surface area contributed by atoms with Gasteiger partial charge in [0.15, 0.2) is 0 Å². The number of nitrogens with zero attached hydrogens (tertiary/aromatic N) is 2. The molecule has 0 radical (unpaired) electrons. The Kier molecular flexibility index (Phi) is 8.59. The molecule has 0 unspecified atom stereocenters.